The summed E-state index contributed by atoms with van der Waals surface area (Å²) in [4.78, 5) is 10.7. The molecule has 2 aromatic rings. The van der Waals surface area contributed by atoms with Gasteiger partial charge >= 0.3 is 6.61 Å². The van der Waals surface area contributed by atoms with E-state index in [9.17, 15) is 8.78 Å². The summed E-state index contributed by atoms with van der Waals surface area (Å²) in [6.45, 7) is -1.07. The van der Waals surface area contributed by atoms with E-state index >= 15 is 0 Å². The Morgan fingerprint density at radius 3 is 2.74 bits per heavy atom. The van der Waals surface area contributed by atoms with Crippen LogP contribution in [0.25, 0.3) is 0 Å². The molecule has 3 N–H and O–H groups in total. The zero-order valence-electron chi connectivity index (χ0n) is 15.0. The Bertz CT molecular complexity index is 732. The molecule has 1 aromatic heterocycles. The van der Waals surface area contributed by atoms with E-state index in [2.05, 4.69) is 24.9 Å². The van der Waals surface area contributed by atoms with Gasteiger partial charge < -0.3 is 25.4 Å². The third-order valence-corrected chi connectivity index (χ3v) is 4.55. The molecule has 1 fully saturated rings. The second kappa shape index (κ2) is 8.92. The van der Waals surface area contributed by atoms with Gasteiger partial charge in [-0.25, -0.2) is 9.97 Å². The summed E-state index contributed by atoms with van der Waals surface area (Å²) in [7, 11) is 1.70. The Morgan fingerprint density at radius 1 is 1.30 bits per heavy atom. The van der Waals surface area contributed by atoms with Crippen molar-refractivity contribution < 1.29 is 18.3 Å². The standard InChI is InChI=1S/C18H23F2N5O2/c1-26-15-6-13(8-21)25(10-15)17-7-16(23-11-24-17)22-9-12-2-4-14(5-3-12)27-18(19)20/h2-5,7,11,13,15,18H,6,8-10,21H2,1H3,(H,22,23,24)/t13-,15-/m0/s1. The molecule has 1 aliphatic heterocycles. The number of nitrogens with zero attached hydrogens (tertiary/aromatic N) is 3. The SMILES string of the molecule is CO[C@H]1C[C@@H](CN)N(c2cc(NCc3ccc(OC(F)F)cc3)ncn2)C1. The number of rotatable bonds is 8. The number of hydrogen-bond acceptors (Lipinski definition) is 7. The molecular weight excluding hydrogens is 356 g/mol. The zero-order valence-corrected chi connectivity index (χ0v) is 15.0. The predicted molar refractivity (Wildman–Crippen MR) is 98.0 cm³/mol. The molecule has 0 aliphatic carbocycles. The van der Waals surface area contributed by atoms with Crippen LogP contribution in [0.2, 0.25) is 0 Å². The summed E-state index contributed by atoms with van der Waals surface area (Å²) in [5.41, 5.74) is 6.79. The molecule has 1 saturated heterocycles. The van der Waals surface area contributed by atoms with Crippen LogP contribution >= 0.6 is 0 Å². The quantitative estimate of drug-likeness (QED) is 0.727. The monoisotopic (exact) mass is 379 g/mol. The van der Waals surface area contributed by atoms with Crippen LogP contribution in [0.1, 0.15) is 12.0 Å². The second-order valence-corrected chi connectivity index (χ2v) is 6.27. The fourth-order valence-corrected chi connectivity index (χ4v) is 3.13. The fraction of sp³-hybridized carbons (Fsp3) is 0.444. The number of hydrogen-bond donors (Lipinski definition) is 2. The number of nitrogens with one attached hydrogen (secondary N) is 1. The highest BCUT2D eigenvalue weighted by Crippen LogP contribution is 2.26. The normalized spacial score (nSPS) is 19.5. The van der Waals surface area contributed by atoms with Gasteiger partial charge in [0.1, 0.15) is 23.7 Å². The highest BCUT2D eigenvalue weighted by molar-refractivity contribution is 5.50. The lowest BCUT2D eigenvalue weighted by Gasteiger charge is -2.24. The molecule has 9 heteroatoms. The molecule has 0 unspecified atom stereocenters. The van der Waals surface area contributed by atoms with Crippen LogP contribution in [0, 0.1) is 0 Å². The maximum Gasteiger partial charge on any atom is 0.387 e. The third-order valence-electron chi connectivity index (χ3n) is 4.55. The Hall–Kier alpha value is -2.52. The van der Waals surface area contributed by atoms with E-state index in [0.717, 1.165) is 24.3 Å². The molecule has 2 heterocycles. The maximum atomic E-state index is 12.2. The maximum absolute atomic E-state index is 12.2. The number of aromatic nitrogens is 2. The minimum atomic E-state index is -2.82. The summed E-state index contributed by atoms with van der Waals surface area (Å²) in [6.07, 6.45) is 2.51. The molecule has 0 radical (unpaired) electrons. The molecule has 1 aliphatic rings. The summed E-state index contributed by atoms with van der Waals surface area (Å²) in [5, 5.41) is 3.21. The first kappa shape index (κ1) is 19.2. The van der Waals surface area contributed by atoms with Crippen molar-refractivity contribution in [3.05, 3.63) is 42.2 Å². The van der Waals surface area contributed by atoms with Crippen LogP contribution < -0.4 is 20.7 Å². The number of benzene rings is 1. The van der Waals surface area contributed by atoms with Crippen molar-refractivity contribution >= 4 is 11.6 Å². The largest absolute Gasteiger partial charge is 0.435 e. The van der Waals surface area contributed by atoms with Crippen LogP contribution in [-0.4, -0.2) is 48.9 Å². The lowest BCUT2D eigenvalue weighted by Crippen LogP contribution is -2.36. The van der Waals surface area contributed by atoms with Crippen molar-refractivity contribution in [2.24, 2.45) is 5.73 Å². The van der Waals surface area contributed by atoms with Crippen molar-refractivity contribution in [2.45, 2.75) is 31.7 Å². The van der Waals surface area contributed by atoms with E-state index in [4.69, 9.17) is 10.5 Å². The number of nitrogens with two attached hydrogens (primary N) is 1. The lowest BCUT2D eigenvalue weighted by molar-refractivity contribution is -0.0498. The first-order valence-electron chi connectivity index (χ1n) is 8.68. The number of halogens is 2. The van der Waals surface area contributed by atoms with Crippen LogP contribution in [0.5, 0.6) is 5.75 Å². The molecule has 146 valence electrons. The number of alkyl halides is 2. The van der Waals surface area contributed by atoms with Crippen molar-refractivity contribution in [2.75, 3.05) is 30.4 Å². The Labute approximate surface area is 156 Å². The van der Waals surface area contributed by atoms with E-state index in [-0.39, 0.29) is 17.9 Å². The van der Waals surface area contributed by atoms with Gasteiger partial charge in [0, 0.05) is 38.9 Å². The van der Waals surface area contributed by atoms with Gasteiger partial charge in [-0.2, -0.15) is 8.78 Å². The van der Waals surface area contributed by atoms with Gasteiger partial charge in [-0.1, -0.05) is 12.1 Å². The van der Waals surface area contributed by atoms with E-state index in [0.29, 0.717) is 18.9 Å². The van der Waals surface area contributed by atoms with E-state index in [1.54, 1.807) is 19.2 Å². The summed E-state index contributed by atoms with van der Waals surface area (Å²) in [5.74, 6) is 1.60. The van der Waals surface area contributed by atoms with Crippen molar-refractivity contribution in [1.29, 1.82) is 0 Å². The molecule has 0 saturated carbocycles. The van der Waals surface area contributed by atoms with Crippen LogP contribution in [0.4, 0.5) is 20.4 Å². The third kappa shape index (κ3) is 5.01. The number of methoxy groups -OCH3 is 1. The molecule has 0 spiro atoms. The van der Waals surface area contributed by atoms with Gasteiger partial charge in [-0.3, -0.25) is 0 Å². The van der Waals surface area contributed by atoms with E-state index in [1.807, 2.05) is 6.07 Å². The first-order chi connectivity index (χ1) is 13.1. The molecule has 0 amide bonds. The summed E-state index contributed by atoms with van der Waals surface area (Å²) in [6, 6.07) is 8.52. The van der Waals surface area contributed by atoms with Crippen molar-refractivity contribution in [3.63, 3.8) is 0 Å². The van der Waals surface area contributed by atoms with E-state index in [1.165, 1.54) is 18.5 Å². The molecular formula is C18H23F2N5O2. The van der Waals surface area contributed by atoms with Crippen molar-refractivity contribution in [1.82, 2.24) is 9.97 Å². The highest BCUT2D eigenvalue weighted by atomic mass is 19.3. The fourth-order valence-electron chi connectivity index (χ4n) is 3.13. The summed E-state index contributed by atoms with van der Waals surface area (Å²) >= 11 is 0. The molecule has 27 heavy (non-hydrogen) atoms. The van der Waals surface area contributed by atoms with Crippen molar-refractivity contribution in [3.8, 4) is 5.75 Å². The molecule has 7 nitrogen and oxygen atoms in total. The Morgan fingerprint density at radius 2 is 2.07 bits per heavy atom. The highest BCUT2D eigenvalue weighted by Gasteiger charge is 2.32. The Balaban J connectivity index is 1.62. The summed E-state index contributed by atoms with van der Waals surface area (Å²) < 4.78 is 34.2. The average Bonchev–Trinajstić information content (AvgIpc) is 3.11. The van der Waals surface area contributed by atoms with Gasteiger partial charge in [-0.15, -0.1) is 0 Å². The molecule has 2 atom stereocenters. The van der Waals surface area contributed by atoms with Gasteiger partial charge in [0.05, 0.1) is 6.10 Å². The van der Waals surface area contributed by atoms with Gasteiger partial charge in [-0.05, 0) is 24.1 Å². The lowest BCUT2D eigenvalue weighted by atomic mass is 10.2. The second-order valence-electron chi connectivity index (χ2n) is 6.27. The smallest absolute Gasteiger partial charge is 0.387 e. The molecule has 3 rings (SSSR count). The van der Waals surface area contributed by atoms with Gasteiger partial charge in [0.15, 0.2) is 0 Å². The van der Waals surface area contributed by atoms with Crippen LogP contribution in [0.15, 0.2) is 36.7 Å². The Kier molecular flexibility index (Phi) is 6.36. The zero-order chi connectivity index (χ0) is 19.2. The van der Waals surface area contributed by atoms with Gasteiger partial charge in [0.25, 0.3) is 0 Å². The average molecular weight is 379 g/mol. The topological polar surface area (TPSA) is 85.5 Å². The van der Waals surface area contributed by atoms with Crippen LogP contribution in [-0.2, 0) is 11.3 Å². The molecule has 0 bridgehead atoms. The minimum absolute atomic E-state index is 0.132. The van der Waals surface area contributed by atoms with Gasteiger partial charge in [0.2, 0.25) is 0 Å². The minimum Gasteiger partial charge on any atom is -0.435 e. The first-order valence-corrected chi connectivity index (χ1v) is 8.68. The molecule has 1 aromatic carbocycles. The van der Waals surface area contributed by atoms with Crippen LogP contribution in [0.3, 0.4) is 0 Å². The predicted octanol–water partition coefficient (Wildman–Crippen LogP) is 2.24. The number of ether oxygens (including phenoxy) is 2. The number of anilines is 2. The van der Waals surface area contributed by atoms with E-state index < -0.39 is 6.61 Å².